The molecule has 7 aliphatic rings. The zero-order valence-electron chi connectivity index (χ0n) is 33.0. The van der Waals surface area contributed by atoms with Gasteiger partial charge in [0.05, 0.1) is 29.5 Å². The number of nitrogens with zero attached hydrogens (tertiary/aromatic N) is 2. The molecule has 3 N–H and O–H groups in total. The minimum atomic E-state index is -1.03. The molecule has 5 saturated carbocycles. The number of β-amino-alcohol motifs (C(OH)–C–C–N with tert-alkyl or cyclic N) is 1. The lowest BCUT2D eigenvalue weighted by Crippen LogP contribution is -2.60. The third-order valence-corrected chi connectivity index (χ3v) is 16.6. The number of aliphatic hydroxyl groups is 3. The molecule has 7 rings (SSSR count). The van der Waals surface area contributed by atoms with Gasteiger partial charge < -0.3 is 34.4 Å². The van der Waals surface area contributed by atoms with E-state index < -0.39 is 23.4 Å². The van der Waals surface area contributed by atoms with E-state index in [0.29, 0.717) is 44.0 Å². The normalized spacial score (nSPS) is 47.7. The summed E-state index contributed by atoms with van der Waals surface area (Å²) in [5, 5.41) is 33.9. The van der Waals surface area contributed by atoms with Gasteiger partial charge in [0.2, 0.25) is 0 Å². The molecular formula is C41H70N2O7. The topological polar surface area (TPSA) is 112 Å². The molecule has 1 amide bonds. The fourth-order valence-corrected chi connectivity index (χ4v) is 14.5. The Hall–Kier alpha value is -0.970. The van der Waals surface area contributed by atoms with Gasteiger partial charge in [0.25, 0.3) is 0 Å². The van der Waals surface area contributed by atoms with Crippen LogP contribution in [0.3, 0.4) is 0 Å². The highest BCUT2D eigenvalue weighted by Crippen LogP contribution is 2.89. The predicted molar refractivity (Wildman–Crippen MR) is 192 cm³/mol. The zero-order chi connectivity index (χ0) is 36.4. The summed E-state index contributed by atoms with van der Waals surface area (Å²) in [6.07, 6.45) is 6.84. The van der Waals surface area contributed by atoms with Crippen LogP contribution in [0.5, 0.6) is 0 Å². The van der Waals surface area contributed by atoms with E-state index in [1.54, 1.807) is 0 Å². The van der Waals surface area contributed by atoms with E-state index in [1.807, 2.05) is 39.5 Å². The molecule has 2 spiro atoms. The van der Waals surface area contributed by atoms with Crippen molar-refractivity contribution in [2.24, 2.45) is 50.7 Å². The minimum Gasteiger partial charge on any atom is -0.446 e. The highest BCUT2D eigenvalue weighted by molar-refractivity contribution is 5.68. The Bertz CT molecular complexity index is 1300. The molecule has 0 bridgehead atoms. The van der Waals surface area contributed by atoms with E-state index in [1.165, 1.54) is 12.8 Å². The van der Waals surface area contributed by atoms with Crippen LogP contribution in [0.1, 0.15) is 121 Å². The van der Waals surface area contributed by atoms with Crippen molar-refractivity contribution in [2.45, 2.75) is 162 Å². The molecule has 0 aromatic rings. The molecule has 0 radical (unpaired) electrons. The Morgan fingerprint density at radius 1 is 0.940 bits per heavy atom. The molecule has 7 fully saturated rings. The van der Waals surface area contributed by atoms with Gasteiger partial charge in [-0.1, -0.05) is 34.6 Å². The van der Waals surface area contributed by atoms with Gasteiger partial charge in [0, 0.05) is 50.2 Å². The molecule has 13 atom stereocenters. The smallest absolute Gasteiger partial charge is 0.410 e. The number of hydrogen-bond acceptors (Lipinski definition) is 8. The number of rotatable bonds is 7. The summed E-state index contributed by atoms with van der Waals surface area (Å²) in [6.45, 7) is 25.2. The van der Waals surface area contributed by atoms with Crippen molar-refractivity contribution >= 4 is 6.09 Å². The first-order valence-electron chi connectivity index (χ1n) is 20.2. The number of carbonyl (C=O) groups is 1. The van der Waals surface area contributed by atoms with Crippen LogP contribution < -0.4 is 0 Å². The Morgan fingerprint density at radius 3 is 2.20 bits per heavy atom. The van der Waals surface area contributed by atoms with Gasteiger partial charge in [0.15, 0.2) is 0 Å². The van der Waals surface area contributed by atoms with Crippen molar-refractivity contribution in [3.05, 3.63) is 0 Å². The first kappa shape index (κ1) is 37.3. The van der Waals surface area contributed by atoms with Gasteiger partial charge in [-0.2, -0.15) is 0 Å². The highest BCUT2D eigenvalue weighted by atomic mass is 16.6. The van der Waals surface area contributed by atoms with Crippen molar-refractivity contribution in [1.29, 1.82) is 0 Å². The van der Waals surface area contributed by atoms with Crippen LogP contribution >= 0.6 is 0 Å². The van der Waals surface area contributed by atoms with Crippen molar-refractivity contribution in [3.8, 4) is 0 Å². The molecule has 2 heterocycles. The number of hydrogen-bond donors (Lipinski definition) is 3. The molecule has 2 aliphatic heterocycles. The number of carbonyl (C=O) groups excluding carboxylic acids is 1. The van der Waals surface area contributed by atoms with Crippen LogP contribution in [-0.4, -0.2) is 112 Å². The Labute approximate surface area is 302 Å². The summed E-state index contributed by atoms with van der Waals surface area (Å²) in [5.74, 6) is 1.56. The number of fused-ring (bicyclic) bond motifs is 4. The fraction of sp³-hybridized carbons (Fsp3) is 0.976. The molecule has 0 aromatic heterocycles. The summed E-state index contributed by atoms with van der Waals surface area (Å²) in [6, 6.07) is 0. The summed E-state index contributed by atoms with van der Waals surface area (Å²) in [7, 11) is 0. The maximum Gasteiger partial charge on any atom is 0.410 e. The van der Waals surface area contributed by atoms with Crippen molar-refractivity contribution in [2.75, 3.05) is 39.3 Å². The second kappa shape index (κ2) is 12.0. The molecule has 2 saturated heterocycles. The van der Waals surface area contributed by atoms with E-state index in [4.69, 9.17) is 14.2 Å². The average molecular weight is 703 g/mol. The van der Waals surface area contributed by atoms with Crippen LogP contribution in [-0.2, 0) is 14.2 Å². The average Bonchev–Trinajstić information content (AvgIpc) is 3.65. The Morgan fingerprint density at radius 2 is 1.58 bits per heavy atom. The molecular weight excluding hydrogens is 632 g/mol. The number of piperazine rings is 1. The number of aliphatic hydroxyl groups excluding tert-OH is 1. The van der Waals surface area contributed by atoms with Crippen molar-refractivity contribution < 1.29 is 34.3 Å². The lowest BCUT2D eigenvalue weighted by Gasteiger charge is -2.63. The van der Waals surface area contributed by atoms with Crippen molar-refractivity contribution in [3.63, 3.8) is 0 Å². The molecule has 286 valence electrons. The van der Waals surface area contributed by atoms with Gasteiger partial charge >= 0.3 is 6.09 Å². The van der Waals surface area contributed by atoms with Crippen LogP contribution in [0.25, 0.3) is 0 Å². The van der Waals surface area contributed by atoms with Gasteiger partial charge in [-0.25, -0.2) is 4.79 Å². The van der Waals surface area contributed by atoms with Crippen LogP contribution in [0, 0.1) is 50.7 Å². The highest BCUT2D eigenvalue weighted by Gasteiger charge is 2.84. The lowest BCUT2D eigenvalue weighted by atomic mass is 9.41. The third kappa shape index (κ3) is 5.31. The molecule has 0 unspecified atom stereocenters. The molecule has 0 aromatic carbocycles. The third-order valence-electron chi connectivity index (χ3n) is 16.6. The fourth-order valence-electron chi connectivity index (χ4n) is 14.5. The van der Waals surface area contributed by atoms with Gasteiger partial charge in [-0.05, 0) is 126 Å². The van der Waals surface area contributed by atoms with E-state index >= 15 is 0 Å². The summed E-state index contributed by atoms with van der Waals surface area (Å²) >= 11 is 0. The van der Waals surface area contributed by atoms with E-state index in [2.05, 4.69) is 39.5 Å². The Kier molecular flexibility index (Phi) is 8.98. The number of ether oxygens (including phenoxy) is 3. The van der Waals surface area contributed by atoms with Gasteiger partial charge in [0.1, 0.15) is 12.2 Å². The van der Waals surface area contributed by atoms with Crippen LogP contribution in [0.4, 0.5) is 4.79 Å². The zero-order valence-corrected chi connectivity index (χ0v) is 33.0. The van der Waals surface area contributed by atoms with Gasteiger partial charge in [-0.3, -0.25) is 4.90 Å². The van der Waals surface area contributed by atoms with E-state index in [-0.39, 0.29) is 57.4 Å². The summed E-state index contributed by atoms with van der Waals surface area (Å²) < 4.78 is 19.5. The maximum atomic E-state index is 13.5. The van der Waals surface area contributed by atoms with Crippen LogP contribution in [0.15, 0.2) is 0 Å². The standard InChI is InChI=1S/C41H70N2O7/c1-11-48-33(37(7,8)47)26-22-25(2)30-31(49-26)32(44)39(10)28-13-12-27-36(5,6)29(14-15-40(27)23-41(28,40)17-16-38(30,39)9)50-34(45)43-20-18-42(19-21-43)24-35(3,4)46/h25-33,44,46-47H,11-24H2,1-10H3/t25-,26-,27+,28+,29+,30+,31+,32+,33+,38-,39-,40-,41+/m1/s1. The largest absolute Gasteiger partial charge is 0.446 e. The quantitative estimate of drug-likeness (QED) is 0.302. The maximum absolute atomic E-state index is 13.5. The molecule has 9 nitrogen and oxygen atoms in total. The summed E-state index contributed by atoms with van der Waals surface area (Å²) in [4.78, 5) is 17.6. The second-order valence-corrected chi connectivity index (χ2v) is 20.5. The molecule has 5 aliphatic carbocycles. The SMILES string of the molecule is CCO[C@@H]([C@H]1C[C@@H](C)[C@H]2[C@H](O1)[C@H](O)[C@@]1(C)[C@@H]3CC[C@H]4C(C)(C)[C@@H](OC(=O)N5CCN(CC(C)(C)O)CC5)CC[C@@]45C[C@@]35CC[C@]21C)C(C)(C)O. The minimum absolute atomic E-state index is 0.0248. The predicted octanol–water partition coefficient (Wildman–Crippen LogP) is 5.87. The lowest BCUT2D eigenvalue weighted by molar-refractivity contribution is -0.215. The Balaban J connectivity index is 1.07. The van der Waals surface area contributed by atoms with E-state index in [9.17, 15) is 20.1 Å². The molecule has 50 heavy (non-hydrogen) atoms. The van der Waals surface area contributed by atoms with Crippen molar-refractivity contribution in [1.82, 2.24) is 9.80 Å². The monoisotopic (exact) mass is 703 g/mol. The van der Waals surface area contributed by atoms with Gasteiger partial charge in [-0.15, -0.1) is 0 Å². The number of amides is 1. The molecule has 9 heteroatoms. The summed E-state index contributed by atoms with van der Waals surface area (Å²) in [5.41, 5.74) is -1.70. The van der Waals surface area contributed by atoms with Crippen LogP contribution in [0.2, 0.25) is 0 Å². The van der Waals surface area contributed by atoms with E-state index in [0.717, 1.165) is 51.6 Å². The second-order valence-electron chi connectivity index (χ2n) is 20.5. The first-order valence-corrected chi connectivity index (χ1v) is 20.2. The first-order chi connectivity index (χ1) is 23.2.